The number of aromatic carboxylic acids is 1. The highest BCUT2D eigenvalue weighted by atomic mass is 16.4. The van der Waals surface area contributed by atoms with E-state index in [2.05, 4.69) is 9.97 Å². The van der Waals surface area contributed by atoms with Gasteiger partial charge >= 0.3 is 5.97 Å². The van der Waals surface area contributed by atoms with Gasteiger partial charge in [-0.1, -0.05) is 0 Å². The van der Waals surface area contributed by atoms with Crippen molar-refractivity contribution in [1.82, 2.24) is 14.5 Å². The Morgan fingerprint density at radius 3 is 2.63 bits per heavy atom. The summed E-state index contributed by atoms with van der Waals surface area (Å²) < 4.78 is 1.59. The number of carboxylic acid groups (broad SMARTS) is 1. The average molecular weight is 253 g/mol. The maximum atomic E-state index is 11.2. The lowest BCUT2D eigenvalue weighted by Gasteiger charge is -2.03. The number of carboxylic acids is 1. The minimum absolute atomic E-state index is 0.226. The summed E-state index contributed by atoms with van der Waals surface area (Å²) in [4.78, 5) is 19.4. The van der Waals surface area contributed by atoms with Crippen LogP contribution in [0, 0.1) is 0 Å². The van der Waals surface area contributed by atoms with Crippen molar-refractivity contribution < 1.29 is 9.90 Å². The van der Waals surface area contributed by atoms with Crippen molar-refractivity contribution in [2.75, 3.05) is 0 Å². The van der Waals surface area contributed by atoms with Gasteiger partial charge in [-0.15, -0.1) is 0 Å². The Bertz CT molecular complexity index is 763. The van der Waals surface area contributed by atoms with Crippen molar-refractivity contribution in [2.45, 2.75) is 0 Å². The van der Waals surface area contributed by atoms with E-state index < -0.39 is 5.97 Å². The highest BCUT2D eigenvalue weighted by molar-refractivity contribution is 5.99. The van der Waals surface area contributed by atoms with Crippen molar-refractivity contribution in [1.29, 1.82) is 0 Å². The first-order chi connectivity index (χ1) is 9.18. The number of rotatable bonds is 2. The molecule has 5 heteroatoms. The first-order valence-corrected chi connectivity index (χ1v) is 5.76. The van der Waals surface area contributed by atoms with Crippen LogP contribution in [0.25, 0.3) is 22.2 Å². The highest BCUT2D eigenvalue weighted by Gasteiger charge is 2.15. The van der Waals surface area contributed by atoms with Gasteiger partial charge < -0.3 is 9.67 Å². The Hall–Kier alpha value is -2.69. The lowest BCUT2D eigenvalue weighted by Crippen LogP contribution is -2.04. The van der Waals surface area contributed by atoms with Gasteiger partial charge in [0.1, 0.15) is 11.3 Å². The van der Waals surface area contributed by atoms with Crippen molar-refractivity contribution >= 4 is 17.0 Å². The predicted octanol–water partition coefficient (Wildman–Crippen LogP) is 2.33. The summed E-state index contributed by atoms with van der Waals surface area (Å²) >= 11 is 0. The molecule has 0 radical (unpaired) electrons. The van der Waals surface area contributed by atoms with Gasteiger partial charge in [0.25, 0.3) is 0 Å². The normalized spacial score (nSPS) is 10.8. The number of fused-ring (bicyclic) bond motifs is 1. The van der Waals surface area contributed by atoms with E-state index in [1.54, 1.807) is 36.3 Å². The summed E-state index contributed by atoms with van der Waals surface area (Å²) in [7, 11) is 1.70. The first-order valence-electron chi connectivity index (χ1n) is 5.76. The number of nitrogens with zero attached hydrogens (tertiary/aromatic N) is 3. The fraction of sp³-hybridized carbons (Fsp3) is 0.0714. The van der Waals surface area contributed by atoms with Crippen molar-refractivity contribution in [3.8, 4) is 11.1 Å². The van der Waals surface area contributed by atoms with E-state index in [0.29, 0.717) is 5.65 Å². The zero-order chi connectivity index (χ0) is 13.4. The van der Waals surface area contributed by atoms with Crippen LogP contribution in [-0.4, -0.2) is 25.6 Å². The summed E-state index contributed by atoms with van der Waals surface area (Å²) in [6, 6.07) is 7.31. The lowest BCUT2D eigenvalue weighted by molar-refractivity contribution is 0.0687. The number of hydrogen-bond acceptors (Lipinski definition) is 3. The van der Waals surface area contributed by atoms with Crippen LogP contribution in [-0.2, 0) is 7.05 Å². The Kier molecular flexibility index (Phi) is 2.52. The quantitative estimate of drug-likeness (QED) is 0.761. The summed E-state index contributed by atoms with van der Waals surface area (Å²) in [5, 5.41) is 10.00. The molecule has 3 heterocycles. The molecule has 0 saturated heterocycles. The Balaban J connectivity index is 2.33. The third kappa shape index (κ3) is 1.76. The van der Waals surface area contributed by atoms with Crippen LogP contribution in [0.1, 0.15) is 10.5 Å². The summed E-state index contributed by atoms with van der Waals surface area (Å²) in [5.74, 6) is -0.957. The molecule has 3 rings (SSSR count). The second-order valence-corrected chi connectivity index (χ2v) is 4.23. The summed E-state index contributed by atoms with van der Waals surface area (Å²) in [5.41, 5.74) is 2.83. The number of pyridine rings is 2. The molecule has 0 atom stereocenters. The van der Waals surface area contributed by atoms with Gasteiger partial charge in [0.05, 0.1) is 0 Å². The maximum Gasteiger partial charge on any atom is 0.352 e. The predicted molar refractivity (Wildman–Crippen MR) is 70.9 cm³/mol. The molecular formula is C14H11N3O2. The third-order valence-corrected chi connectivity index (χ3v) is 3.14. The van der Waals surface area contributed by atoms with Gasteiger partial charge in [-0.05, 0) is 35.4 Å². The van der Waals surface area contributed by atoms with E-state index in [-0.39, 0.29) is 5.69 Å². The Morgan fingerprint density at radius 2 is 1.95 bits per heavy atom. The summed E-state index contributed by atoms with van der Waals surface area (Å²) in [6.45, 7) is 0. The van der Waals surface area contributed by atoms with Crippen molar-refractivity contribution in [3.63, 3.8) is 0 Å². The van der Waals surface area contributed by atoms with Gasteiger partial charge in [-0.3, -0.25) is 4.98 Å². The van der Waals surface area contributed by atoms with E-state index in [9.17, 15) is 4.79 Å². The molecule has 3 aromatic heterocycles. The number of aryl methyl sites for hydroxylation is 1. The molecule has 0 aromatic carbocycles. The van der Waals surface area contributed by atoms with E-state index in [4.69, 9.17) is 5.11 Å². The van der Waals surface area contributed by atoms with E-state index in [0.717, 1.165) is 16.5 Å². The van der Waals surface area contributed by atoms with Crippen LogP contribution in [0.5, 0.6) is 0 Å². The van der Waals surface area contributed by atoms with E-state index >= 15 is 0 Å². The summed E-state index contributed by atoms with van der Waals surface area (Å²) in [6.07, 6.45) is 5.11. The molecule has 1 N–H and O–H groups in total. The molecule has 0 aliphatic heterocycles. The number of hydrogen-bond donors (Lipinski definition) is 1. The second kappa shape index (κ2) is 4.20. The molecule has 0 saturated carbocycles. The maximum absolute atomic E-state index is 11.2. The van der Waals surface area contributed by atoms with Crippen molar-refractivity contribution in [2.24, 2.45) is 7.05 Å². The molecule has 0 unspecified atom stereocenters. The van der Waals surface area contributed by atoms with Gasteiger partial charge in [0.15, 0.2) is 0 Å². The van der Waals surface area contributed by atoms with Gasteiger partial charge in [-0.25, -0.2) is 9.78 Å². The molecule has 0 aliphatic carbocycles. The molecule has 19 heavy (non-hydrogen) atoms. The van der Waals surface area contributed by atoms with Crippen LogP contribution in [0.3, 0.4) is 0 Å². The molecule has 5 nitrogen and oxygen atoms in total. The largest absolute Gasteiger partial charge is 0.477 e. The van der Waals surface area contributed by atoms with Crippen molar-refractivity contribution in [3.05, 3.63) is 48.5 Å². The zero-order valence-electron chi connectivity index (χ0n) is 10.2. The molecular weight excluding hydrogens is 242 g/mol. The van der Waals surface area contributed by atoms with Crippen LogP contribution >= 0.6 is 0 Å². The molecule has 0 aliphatic rings. The molecule has 0 bridgehead atoms. The Labute approximate surface area is 109 Å². The molecule has 3 aromatic rings. The van der Waals surface area contributed by atoms with Gasteiger partial charge in [0.2, 0.25) is 0 Å². The molecule has 0 amide bonds. The van der Waals surface area contributed by atoms with Crippen LogP contribution < -0.4 is 0 Å². The minimum Gasteiger partial charge on any atom is -0.477 e. The second-order valence-electron chi connectivity index (χ2n) is 4.23. The van der Waals surface area contributed by atoms with Crippen LogP contribution in [0.15, 0.2) is 42.9 Å². The van der Waals surface area contributed by atoms with Crippen LogP contribution in [0.2, 0.25) is 0 Å². The molecule has 94 valence electrons. The Morgan fingerprint density at radius 1 is 1.21 bits per heavy atom. The number of carbonyl (C=O) groups is 1. The van der Waals surface area contributed by atoms with E-state index in [1.165, 1.54) is 0 Å². The average Bonchev–Trinajstić information content (AvgIpc) is 2.78. The van der Waals surface area contributed by atoms with Crippen LogP contribution in [0.4, 0.5) is 0 Å². The molecule has 0 spiro atoms. The van der Waals surface area contributed by atoms with Gasteiger partial charge in [0, 0.05) is 31.0 Å². The zero-order valence-corrected chi connectivity index (χ0v) is 10.2. The standard InChI is InChI=1S/C14H11N3O2/c1-17-12(14(18)19)8-11-10(4-7-16-13(11)17)9-2-5-15-6-3-9/h2-8H,1H3,(H,18,19). The third-order valence-electron chi connectivity index (χ3n) is 3.14. The fourth-order valence-electron chi connectivity index (χ4n) is 2.21. The van der Waals surface area contributed by atoms with E-state index in [1.807, 2.05) is 18.2 Å². The lowest BCUT2D eigenvalue weighted by atomic mass is 10.1. The monoisotopic (exact) mass is 253 g/mol. The SMILES string of the molecule is Cn1c(C(=O)O)cc2c(-c3ccncc3)ccnc21. The fourth-order valence-corrected chi connectivity index (χ4v) is 2.21. The molecule has 0 fully saturated rings. The first kappa shape index (κ1) is 11.4. The number of aromatic nitrogens is 3. The topological polar surface area (TPSA) is 68.0 Å². The van der Waals surface area contributed by atoms with Gasteiger partial charge in [-0.2, -0.15) is 0 Å². The smallest absolute Gasteiger partial charge is 0.352 e. The highest BCUT2D eigenvalue weighted by Crippen LogP contribution is 2.28. The minimum atomic E-state index is -0.957.